The Bertz CT molecular complexity index is 1140. The van der Waals surface area contributed by atoms with Gasteiger partial charge in [-0.05, 0) is 69.9 Å². The van der Waals surface area contributed by atoms with Crippen LogP contribution in [0.15, 0.2) is 48.5 Å². The number of carbonyl (C=O) groups is 1. The molecule has 1 aliphatic rings. The summed E-state index contributed by atoms with van der Waals surface area (Å²) in [4.78, 5) is 14.4. The monoisotopic (exact) mass is 483 g/mol. The fourth-order valence-corrected chi connectivity index (χ4v) is 4.91. The van der Waals surface area contributed by atoms with E-state index < -0.39 is 27.0 Å². The summed E-state index contributed by atoms with van der Waals surface area (Å²) in [6.45, 7) is 9.56. The summed E-state index contributed by atoms with van der Waals surface area (Å²) in [7, 11) is -3.47. The van der Waals surface area contributed by atoms with Crippen molar-refractivity contribution < 1.29 is 17.9 Å². The van der Waals surface area contributed by atoms with Crippen LogP contribution in [0.3, 0.4) is 0 Å². The number of rotatable bonds is 5. The molecule has 1 saturated heterocycles. The van der Waals surface area contributed by atoms with Gasteiger partial charge in [0.25, 0.3) is 0 Å². The minimum absolute atomic E-state index is 0.218. The van der Waals surface area contributed by atoms with E-state index in [1.165, 1.54) is 0 Å². The Morgan fingerprint density at radius 2 is 1.65 bits per heavy atom. The van der Waals surface area contributed by atoms with Crippen LogP contribution >= 0.6 is 0 Å². The topological polar surface area (TPSA) is 99.5 Å². The van der Waals surface area contributed by atoms with Crippen molar-refractivity contribution in [2.75, 3.05) is 13.1 Å². The predicted octanol–water partition coefficient (Wildman–Crippen LogP) is 4.65. The van der Waals surface area contributed by atoms with Crippen molar-refractivity contribution in [2.24, 2.45) is 0 Å². The third-order valence-electron chi connectivity index (χ3n) is 5.89. The molecule has 0 radical (unpaired) electrons. The molecule has 3 rings (SSSR count). The molecule has 182 valence electrons. The van der Waals surface area contributed by atoms with Crippen LogP contribution in [-0.4, -0.2) is 49.4 Å². The zero-order valence-electron chi connectivity index (χ0n) is 20.4. The van der Waals surface area contributed by atoms with E-state index in [4.69, 9.17) is 10.00 Å². The Morgan fingerprint density at radius 3 is 2.15 bits per heavy atom. The molecule has 1 heterocycles. The van der Waals surface area contributed by atoms with Crippen molar-refractivity contribution in [3.63, 3.8) is 0 Å². The quantitative estimate of drug-likeness (QED) is 0.668. The summed E-state index contributed by atoms with van der Waals surface area (Å²) in [5, 5.41) is 8.46. The number of nitrogens with zero attached hydrogens (tertiary/aromatic N) is 2. The lowest BCUT2D eigenvalue weighted by atomic mass is 9.86. The largest absolute Gasteiger partial charge is 0.444 e. The maximum Gasteiger partial charge on any atom is 0.410 e. The summed E-state index contributed by atoms with van der Waals surface area (Å²) in [6.07, 6.45) is 0.101. The van der Waals surface area contributed by atoms with Gasteiger partial charge in [-0.3, -0.25) is 0 Å². The molecule has 2 atom stereocenters. The second-order valence-electron chi connectivity index (χ2n) is 9.95. The highest BCUT2D eigenvalue weighted by Gasteiger charge is 2.36. The van der Waals surface area contributed by atoms with Gasteiger partial charge in [-0.2, -0.15) is 5.26 Å². The van der Waals surface area contributed by atoms with Crippen molar-refractivity contribution in [2.45, 2.75) is 63.9 Å². The van der Waals surface area contributed by atoms with Gasteiger partial charge in [0.15, 0.2) is 0 Å². The number of carbonyl (C=O) groups excluding carboxylic acids is 1. The van der Waals surface area contributed by atoms with Crippen molar-refractivity contribution in [3.8, 4) is 17.2 Å². The van der Waals surface area contributed by atoms with Gasteiger partial charge in [0.1, 0.15) is 5.60 Å². The van der Waals surface area contributed by atoms with Gasteiger partial charge >= 0.3 is 6.09 Å². The molecule has 1 N–H and O–H groups in total. The minimum Gasteiger partial charge on any atom is -0.444 e. The van der Waals surface area contributed by atoms with E-state index in [-0.39, 0.29) is 12.0 Å². The van der Waals surface area contributed by atoms with Gasteiger partial charge in [-0.25, -0.2) is 17.9 Å². The Kier molecular flexibility index (Phi) is 7.69. The van der Waals surface area contributed by atoms with Crippen LogP contribution in [0.5, 0.6) is 0 Å². The van der Waals surface area contributed by atoms with Gasteiger partial charge in [-0.15, -0.1) is 0 Å². The van der Waals surface area contributed by atoms with E-state index in [0.717, 1.165) is 16.7 Å². The zero-order chi connectivity index (χ0) is 25.1. The van der Waals surface area contributed by atoms with Crippen molar-refractivity contribution in [1.82, 2.24) is 9.62 Å². The Labute approximate surface area is 202 Å². The molecule has 0 spiro atoms. The number of amides is 1. The maximum atomic E-state index is 12.7. The number of nitriles is 1. The van der Waals surface area contributed by atoms with Crippen LogP contribution < -0.4 is 4.72 Å². The molecule has 0 aromatic heterocycles. The van der Waals surface area contributed by atoms with Crippen LogP contribution in [0.25, 0.3) is 11.1 Å². The number of likely N-dealkylation sites (tertiary alicyclic amines) is 1. The van der Waals surface area contributed by atoms with E-state index in [1.54, 1.807) is 30.9 Å². The first kappa shape index (κ1) is 25.7. The Morgan fingerprint density at radius 1 is 1.09 bits per heavy atom. The van der Waals surface area contributed by atoms with Crippen LogP contribution in [0, 0.1) is 11.3 Å². The lowest BCUT2D eigenvalue weighted by Gasteiger charge is -2.39. The molecule has 1 aliphatic heterocycles. The Hall–Kier alpha value is -2.89. The number of benzene rings is 2. The molecule has 0 aliphatic carbocycles. The van der Waals surface area contributed by atoms with E-state index in [0.29, 0.717) is 25.1 Å². The van der Waals surface area contributed by atoms with Crippen LogP contribution in [-0.2, 0) is 14.8 Å². The first-order valence-corrected chi connectivity index (χ1v) is 13.0. The minimum atomic E-state index is -3.47. The van der Waals surface area contributed by atoms with Crippen LogP contribution in [0.4, 0.5) is 4.79 Å². The van der Waals surface area contributed by atoms with Crippen molar-refractivity contribution in [1.29, 1.82) is 5.26 Å². The van der Waals surface area contributed by atoms with Crippen LogP contribution in [0.2, 0.25) is 0 Å². The molecule has 7 nitrogen and oxygen atoms in total. The van der Waals surface area contributed by atoms with E-state index in [2.05, 4.69) is 10.8 Å². The normalized spacial score (nSPS) is 19.0. The first-order chi connectivity index (χ1) is 15.9. The number of piperidine rings is 1. The van der Waals surface area contributed by atoms with E-state index >= 15 is 0 Å². The molecule has 0 bridgehead atoms. The molecule has 1 amide bonds. The molecular formula is C26H33N3O4S. The lowest BCUT2D eigenvalue weighted by molar-refractivity contribution is 0.0182. The van der Waals surface area contributed by atoms with Crippen LogP contribution in [0.1, 0.15) is 58.1 Å². The van der Waals surface area contributed by atoms with Gasteiger partial charge in [0.2, 0.25) is 10.0 Å². The lowest BCUT2D eigenvalue weighted by Crippen LogP contribution is -2.53. The molecule has 2 aromatic rings. The smallest absolute Gasteiger partial charge is 0.410 e. The molecule has 2 aromatic carbocycles. The van der Waals surface area contributed by atoms with Gasteiger partial charge in [0, 0.05) is 25.0 Å². The highest BCUT2D eigenvalue weighted by Crippen LogP contribution is 2.31. The molecule has 0 saturated carbocycles. The highest BCUT2D eigenvalue weighted by atomic mass is 32.2. The number of hydrogen-bond donors (Lipinski definition) is 1. The summed E-state index contributed by atoms with van der Waals surface area (Å²) in [5.41, 5.74) is 2.92. The summed E-state index contributed by atoms with van der Waals surface area (Å²) in [6, 6.07) is 17.1. The van der Waals surface area contributed by atoms with Gasteiger partial charge in [0.05, 0.1) is 16.9 Å². The third-order valence-corrected chi connectivity index (χ3v) is 7.76. The molecular weight excluding hydrogens is 450 g/mol. The number of hydrogen-bond acceptors (Lipinski definition) is 5. The number of sulfonamides is 1. The summed E-state index contributed by atoms with van der Waals surface area (Å²) < 4.78 is 33.7. The predicted molar refractivity (Wildman–Crippen MR) is 133 cm³/mol. The summed E-state index contributed by atoms with van der Waals surface area (Å²) >= 11 is 0. The average molecular weight is 484 g/mol. The van der Waals surface area contributed by atoms with Crippen molar-refractivity contribution in [3.05, 3.63) is 59.7 Å². The summed E-state index contributed by atoms with van der Waals surface area (Å²) in [5.74, 6) is -0.218. The maximum absolute atomic E-state index is 12.7. The highest BCUT2D eigenvalue weighted by molar-refractivity contribution is 7.90. The molecule has 1 fully saturated rings. The van der Waals surface area contributed by atoms with E-state index in [9.17, 15) is 13.2 Å². The standard InChI is InChI=1S/C26H33N3O4S/c1-18(2)34(31,32)28-24-14-15-29(25(30)33-26(3,4)5)17-23(24)22-12-10-21(11-13-22)20-8-6-19(16-27)7-9-20/h6-13,18,23-24,28H,14-15,17H2,1-5H3. The molecule has 2 unspecified atom stereocenters. The van der Waals surface area contributed by atoms with E-state index in [1.807, 2.05) is 57.2 Å². The Balaban J connectivity index is 1.87. The number of ether oxygens (including phenoxy) is 1. The average Bonchev–Trinajstić information content (AvgIpc) is 2.78. The molecule has 8 heteroatoms. The number of nitrogens with one attached hydrogen (secondary N) is 1. The second kappa shape index (κ2) is 10.2. The van der Waals surface area contributed by atoms with Crippen molar-refractivity contribution >= 4 is 16.1 Å². The fraction of sp³-hybridized carbons (Fsp3) is 0.462. The first-order valence-electron chi connectivity index (χ1n) is 11.5. The third kappa shape index (κ3) is 6.37. The zero-order valence-corrected chi connectivity index (χ0v) is 21.2. The van der Waals surface area contributed by atoms with Gasteiger partial charge in [-0.1, -0.05) is 36.4 Å². The SMILES string of the molecule is CC(C)S(=O)(=O)NC1CCN(C(=O)OC(C)(C)C)CC1c1ccc(-c2ccc(C#N)cc2)cc1. The second-order valence-corrected chi connectivity index (χ2v) is 12.2. The molecule has 34 heavy (non-hydrogen) atoms. The van der Waals surface area contributed by atoms with Gasteiger partial charge < -0.3 is 9.64 Å². The fourth-order valence-electron chi connectivity index (χ4n) is 3.93.